The van der Waals surface area contributed by atoms with Crippen molar-refractivity contribution in [3.63, 3.8) is 0 Å². The number of nitrogen functional groups attached to an aromatic ring is 1. The first kappa shape index (κ1) is 14.4. The summed E-state index contributed by atoms with van der Waals surface area (Å²) in [7, 11) is 0. The average molecular weight is 367 g/mol. The van der Waals surface area contributed by atoms with Gasteiger partial charge in [-0.05, 0) is 46.3 Å². The topological polar surface area (TPSA) is 46.3 Å². The summed E-state index contributed by atoms with van der Waals surface area (Å²) in [6.07, 6.45) is 0. The largest absolute Gasteiger partial charge is 0.399 e. The van der Waals surface area contributed by atoms with Crippen molar-refractivity contribution in [1.29, 1.82) is 0 Å². The number of halogens is 2. The third kappa shape index (κ3) is 2.65. The molecular formula is C15H12BrFN2OS. The van der Waals surface area contributed by atoms with Gasteiger partial charge in [-0.1, -0.05) is 6.07 Å². The van der Waals surface area contributed by atoms with Gasteiger partial charge in [0.15, 0.2) is 0 Å². The van der Waals surface area contributed by atoms with Crippen molar-refractivity contribution in [2.45, 2.75) is 4.90 Å². The van der Waals surface area contributed by atoms with Crippen LogP contribution in [0.3, 0.4) is 0 Å². The minimum absolute atomic E-state index is 0.0535. The molecule has 0 saturated carbocycles. The molecule has 21 heavy (non-hydrogen) atoms. The number of carbonyl (C=O) groups is 1. The van der Waals surface area contributed by atoms with Crippen molar-refractivity contribution in [2.75, 3.05) is 22.9 Å². The fourth-order valence-corrected chi connectivity index (χ4v) is 3.77. The normalized spacial score (nSPS) is 13.9. The van der Waals surface area contributed by atoms with E-state index >= 15 is 0 Å². The molecule has 0 aromatic heterocycles. The van der Waals surface area contributed by atoms with Crippen LogP contribution in [-0.2, 0) is 0 Å². The van der Waals surface area contributed by atoms with Crippen LogP contribution in [0.15, 0.2) is 45.8 Å². The number of thioether (sulfide) groups is 1. The molecular weight excluding hydrogens is 355 g/mol. The standard InChI is InChI=1S/C15H12BrFN2OS/c16-10-2-1-3-11(17)14(10)15(20)19-6-7-21-13-5-4-9(18)8-12(13)19/h1-5,8H,6-7,18H2. The van der Waals surface area contributed by atoms with E-state index in [1.165, 1.54) is 6.07 Å². The first-order valence-corrected chi connectivity index (χ1v) is 8.14. The van der Waals surface area contributed by atoms with E-state index in [0.29, 0.717) is 16.7 Å². The van der Waals surface area contributed by atoms with Crippen molar-refractivity contribution in [1.82, 2.24) is 0 Å². The highest BCUT2D eigenvalue weighted by molar-refractivity contribution is 9.10. The number of anilines is 2. The van der Waals surface area contributed by atoms with Gasteiger partial charge in [0.2, 0.25) is 0 Å². The molecule has 108 valence electrons. The maximum absolute atomic E-state index is 14.0. The van der Waals surface area contributed by atoms with Crippen molar-refractivity contribution in [2.24, 2.45) is 0 Å². The van der Waals surface area contributed by atoms with E-state index in [1.807, 2.05) is 6.07 Å². The van der Waals surface area contributed by atoms with Crippen LogP contribution in [0.5, 0.6) is 0 Å². The van der Waals surface area contributed by atoms with E-state index in [1.54, 1.807) is 40.9 Å². The van der Waals surface area contributed by atoms with Crippen LogP contribution in [0, 0.1) is 5.82 Å². The maximum Gasteiger partial charge on any atom is 0.262 e. The highest BCUT2D eigenvalue weighted by atomic mass is 79.9. The number of hydrogen-bond donors (Lipinski definition) is 1. The molecule has 1 aliphatic rings. The fourth-order valence-electron chi connectivity index (χ4n) is 2.28. The van der Waals surface area contributed by atoms with Crippen molar-refractivity contribution in [3.8, 4) is 0 Å². The summed E-state index contributed by atoms with van der Waals surface area (Å²) < 4.78 is 14.5. The summed E-state index contributed by atoms with van der Waals surface area (Å²) in [5.74, 6) is -0.112. The molecule has 0 radical (unpaired) electrons. The second kappa shape index (κ2) is 5.69. The molecule has 2 N–H and O–H groups in total. The number of nitrogens with zero attached hydrogens (tertiary/aromatic N) is 1. The van der Waals surface area contributed by atoms with Gasteiger partial charge in [0, 0.05) is 27.4 Å². The second-order valence-electron chi connectivity index (χ2n) is 4.63. The molecule has 0 aliphatic carbocycles. The Balaban J connectivity index is 2.06. The van der Waals surface area contributed by atoms with Crippen LogP contribution in [-0.4, -0.2) is 18.2 Å². The van der Waals surface area contributed by atoms with Gasteiger partial charge in [-0.15, -0.1) is 11.8 Å². The Morgan fingerprint density at radius 1 is 1.33 bits per heavy atom. The Hall–Kier alpha value is -1.53. The minimum Gasteiger partial charge on any atom is -0.399 e. The van der Waals surface area contributed by atoms with E-state index in [-0.39, 0.29) is 11.5 Å². The number of rotatable bonds is 1. The molecule has 6 heteroatoms. The van der Waals surface area contributed by atoms with Crippen LogP contribution in [0.1, 0.15) is 10.4 Å². The molecule has 1 heterocycles. The summed E-state index contributed by atoms with van der Waals surface area (Å²) in [5, 5.41) is 0. The van der Waals surface area contributed by atoms with Gasteiger partial charge in [0.1, 0.15) is 5.82 Å². The number of nitrogens with two attached hydrogens (primary N) is 1. The number of carbonyl (C=O) groups excluding carboxylic acids is 1. The lowest BCUT2D eigenvalue weighted by Gasteiger charge is -2.29. The Kier molecular flexibility index (Phi) is 3.91. The summed E-state index contributed by atoms with van der Waals surface area (Å²) >= 11 is 4.92. The van der Waals surface area contributed by atoms with Crippen molar-refractivity contribution >= 4 is 45.0 Å². The lowest BCUT2D eigenvalue weighted by atomic mass is 10.1. The average Bonchev–Trinajstić information content (AvgIpc) is 2.46. The SMILES string of the molecule is Nc1ccc2c(c1)N(C(=O)c1c(F)cccc1Br)CCS2. The van der Waals surface area contributed by atoms with Crippen LogP contribution in [0.4, 0.5) is 15.8 Å². The van der Waals surface area contributed by atoms with Crippen molar-refractivity contribution < 1.29 is 9.18 Å². The minimum atomic E-state index is -0.530. The van der Waals surface area contributed by atoms with E-state index in [9.17, 15) is 9.18 Å². The monoisotopic (exact) mass is 366 g/mol. The lowest BCUT2D eigenvalue weighted by molar-refractivity contribution is 0.0983. The molecule has 2 aromatic rings. The third-order valence-electron chi connectivity index (χ3n) is 3.27. The van der Waals surface area contributed by atoms with E-state index in [4.69, 9.17) is 5.73 Å². The fraction of sp³-hybridized carbons (Fsp3) is 0.133. The van der Waals surface area contributed by atoms with Gasteiger partial charge in [0.05, 0.1) is 11.3 Å². The molecule has 0 spiro atoms. The summed E-state index contributed by atoms with van der Waals surface area (Å²) in [6.45, 7) is 0.528. The van der Waals surface area contributed by atoms with E-state index in [0.717, 1.165) is 16.3 Å². The number of hydrogen-bond acceptors (Lipinski definition) is 3. The summed E-state index contributed by atoms with van der Waals surface area (Å²) in [4.78, 5) is 15.3. The highest BCUT2D eigenvalue weighted by Crippen LogP contribution is 2.37. The van der Waals surface area contributed by atoms with Gasteiger partial charge < -0.3 is 10.6 Å². The Bertz CT molecular complexity index is 703. The zero-order valence-corrected chi connectivity index (χ0v) is 13.4. The molecule has 1 amide bonds. The van der Waals surface area contributed by atoms with Gasteiger partial charge in [-0.2, -0.15) is 0 Å². The van der Waals surface area contributed by atoms with Crippen LogP contribution < -0.4 is 10.6 Å². The Morgan fingerprint density at radius 3 is 2.90 bits per heavy atom. The number of benzene rings is 2. The molecule has 0 fully saturated rings. The smallest absolute Gasteiger partial charge is 0.262 e. The quantitative estimate of drug-likeness (QED) is 0.777. The predicted molar refractivity (Wildman–Crippen MR) is 87.4 cm³/mol. The van der Waals surface area contributed by atoms with Crippen molar-refractivity contribution in [3.05, 3.63) is 52.3 Å². The van der Waals surface area contributed by atoms with E-state index < -0.39 is 5.82 Å². The zero-order chi connectivity index (χ0) is 15.0. The Labute approximate surface area is 134 Å². The third-order valence-corrected chi connectivity index (χ3v) is 4.97. The molecule has 0 unspecified atom stereocenters. The second-order valence-corrected chi connectivity index (χ2v) is 6.62. The molecule has 2 aromatic carbocycles. The van der Waals surface area contributed by atoms with Gasteiger partial charge in [0.25, 0.3) is 5.91 Å². The number of amides is 1. The van der Waals surface area contributed by atoms with Gasteiger partial charge in [-0.25, -0.2) is 4.39 Å². The van der Waals surface area contributed by atoms with Gasteiger partial charge >= 0.3 is 0 Å². The number of fused-ring (bicyclic) bond motifs is 1. The van der Waals surface area contributed by atoms with Crippen LogP contribution in [0.2, 0.25) is 0 Å². The molecule has 0 atom stereocenters. The molecule has 3 rings (SSSR count). The highest BCUT2D eigenvalue weighted by Gasteiger charge is 2.27. The van der Waals surface area contributed by atoms with Crippen LogP contribution >= 0.6 is 27.7 Å². The predicted octanol–water partition coefficient (Wildman–Crippen LogP) is 3.92. The zero-order valence-electron chi connectivity index (χ0n) is 11.0. The molecule has 0 bridgehead atoms. The van der Waals surface area contributed by atoms with E-state index in [2.05, 4.69) is 15.9 Å². The molecule has 0 saturated heterocycles. The Morgan fingerprint density at radius 2 is 2.14 bits per heavy atom. The summed E-state index contributed by atoms with van der Waals surface area (Å²) in [5.41, 5.74) is 7.19. The van der Waals surface area contributed by atoms with Gasteiger partial charge in [-0.3, -0.25) is 4.79 Å². The maximum atomic E-state index is 14.0. The first-order chi connectivity index (χ1) is 10.1. The lowest BCUT2D eigenvalue weighted by Crippen LogP contribution is -2.36. The van der Waals surface area contributed by atoms with Crippen LogP contribution in [0.25, 0.3) is 0 Å². The molecule has 3 nitrogen and oxygen atoms in total. The first-order valence-electron chi connectivity index (χ1n) is 6.36. The molecule has 1 aliphatic heterocycles. The summed E-state index contributed by atoms with van der Waals surface area (Å²) in [6, 6.07) is 9.97.